The number of halogens is 1. The molecular formula is C17H17ClN2O. The molecule has 0 radical (unpaired) electrons. The molecule has 3 aromatic rings. The molecule has 0 saturated carbocycles. The Morgan fingerprint density at radius 2 is 2.14 bits per heavy atom. The van der Waals surface area contributed by atoms with E-state index in [-0.39, 0.29) is 6.04 Å². The van der Waals surface area contributed by atoms with E-state index < -0.39 is 0 Å². The molecule has 0 fully saturated rings. The third kappa shape index (κ3) is 2.80. The van der Waals surface area contributed by atoms with Crippen LogP contribution in [-0.4, -0.2) is 11.5 Å². The number of benzene rings is 1. The summed E-state index contributed by atoms with van der Waals surface area (Å²) in [6.07, 6.45) is 1.89. The molecule has 3 nitrogen and oxygen atoms in total. The van der Waals surface area contributed by atoms with E-state index in [1.54, 1.807) is 0 Å². The molecule has 1 N–H and O–H groups in total. The van der Waals surface area contributed by atoms with Gasteiger partial charge in [0.2, 0.25) is 0 Å². The zero-order valence-corrected chi connectivity index (χ0v) is 12.8. The van der Waals surface area contributed by atoms with Gasteiger partial charge in [-0.3, -0.25) is 4.98 Å². The molecule has 4 heteroatoms. The highest BCUT2D eigenvalue weighted by Gasteiger charge is 2.18. The van der Waals surface area contributed by atoms with Crippen LogP contribution < -0.4 is 5.32 Å². The van der Waals surface area contributed by atoms with E-state index in [0.717, 1.165) is 34.5 Å². The molecule has 0 aliphatic carbocycles. The first-order chi connectivity index (χ1) is 10.2. The van der Waals surface area contributed by atoms with E-state index in [1.165, 1.54) is 0 Å². The van der Waals surface area contributed by atoms with Crippen LogP contribution >= 0.6 is 11.6 Å². The summed E-state index contributed by atoms with van der Waals surface area (Å²) in [4.78, 5) is 4.37. The first kappa shape index (κ1) is 14.1. The molecule has 0 spiro atoms. The summed E-state index contributed by atoms with van der Waals surface area (Å²) < 4.78 is 5.98. The lowest BCUT2D eigenvalue weighted by Crippen LogP contribution is -2.21. The lowest BCUT2D eigenvalue weighted by molar-refractivity contribution is 0.476. The standard InChI is InChI=1S/C17H17ClN2O/c1-3-19-16(13-8-7-11(2)20-10-13)15-9-12-5-4-6-14(18)17(12)21-15/h4-10,16,19H,3H2,1-2H3. The summed E-state index contributed by atoms with van der Waals surface area (Å²) in [5.41, 5.74) is 2.82. The Hall–Kier alpha value is -1.84. The maximum atomic E-state index is 6.19. The van der Waals surface area contributed by atoms with Crippen molar-refractivity contribution in [2.24, 2.45) is 0 Å². The number of fused-ring (bicyclic) bond motifs is 1. The van der Waals surface area contributed by atoms with E-state index in [1.807, 2.05) is 43.5 Å². The van der Waals surface area contributed by atoms with E-state index >= 15 is 0 Å². The lowest BCUT2D eigenvalue weighted by atomic mass is 10.1. The summed E-state index contributed by atoms with van der Waals surface area (Å²) >= 11 is 6.19. The Balaban J connectivity index is 2.06. The smallest absolute Gasteiger partial charge is 0.152 e. The van der Waals surface area contributed by atoms with Gasteiger partial charge in [0.25, 0.3) is 0 Å². The van der Waals surface area contributed by atoms with Gasteiger partial charge in [-0.15, -0.1) is 0 Å². The highest BCUT2D eigenvalue weighted by Crippen LogP contribution is 2.31. The van der Waals surface area contributed by atoms with Crippen LogP contribution in [0.4, 0.5) is 0 Å². The largest absolute Gasteiger partial charge is 0.457 e. The Morgan fingerprint density at radius 3 is 2.81 bits per heavy atom. The van der Waals surface area contributed by atoms with E-state index in [2.05, 4.69) is 23.3 Å². The number of nitrogens with one attached hydrogen (secondary N) is 1. The van der Waals surface area contributed by atoms with Crippen LogP contribution in [0.1, 0.15) is 30.0 Å². The van der Waals surface area contributed by atoms with Crippen LogP contribution in [0.15, 0.2) is 47.0 Å². The van der Waals surface area contributed by atoms with Crippen LogP contribution in [-0.2, 0) is 0 Å². The maximum absolute atomic E-state index is 6.19. The molecule has 0 aliphatic rings. The van der Waals surface area contributed by atoms with Crippen molar-refractivity contribution in [3.8, 4) is 0 Å². The van der Waals surface area contributed by atoms with Crippen molar-refractivity contribution in [3.05, 3.63) is 64.6 Å². The number of para-hydroxylation sites is 1. The fourth-order valence-corrected chi connectivity index (χ4v) is 2.65. The summed E-state index contributed by atoms with van der Waals surface area (Å²) in [5, 5.41) is 5.09. The van der Waals surface area contributed by atoms with Crippen molar-refractivity contribution in [3.63, 3.8) is 0 Å². The van der Waals surface area contributed by atoms with Crippen molar-refractivity contribution in [1.82, 2.24) is 10.3 Å². The minimum Gasteiger partial charge on any atom is -0.457 e. The normalized spacial score (nSPS) is 12.7. The molecule has 2 heterocycles. The second-order valence-electron chi connectivity index (χ2n) is 5.03. The Kier molecular flexibility index (Phi) is 3.95. The van der Waals surface area contributed by atoms with Gasteiger partial charge < -0.3 is 9.73 Å². The van der Waals surface area contributed by atoms with E-state index in [9.17, 15) is 0 Å². The highest BCUT2D eigenvalue weighted by atomic mass is 35.5. The summed E-state index contributed by atoms with van der Waals surface area (Å²) in [7, 11) is 0. The van der Waals surface area contributed by atoms with Crippen molar-refractivity contribution in [2.75, 3.05) is 6.54 Å². The number of nitrogens with zero attached hydrogens (tertiary/aromatic N) is 1. The zero-order valence-electron chi connectivity index (χ0n) is 12.1. The Bertz CT molecular complexity index is 749. The molecule has 3 rings (SSSR count). The topological polar surface area (TPSA) is 38.1 Å². The fraction of sp³-hybridized carbons (Fsp3) is 0.235. The predicted molar refractivity (Wildman–Crippen MR) is 85.7 cm³/mol. The predicted octanol–water partition coefficient (Wildman–Crippen LogP) is 4.49. The van der Waals surface area contributed by atoms with Crippen molar-refractivity contribution in [1.29, 1.82) is 0 Å². The number of furan rings is 1. The summed E-state index contributed by atoms with van der Waals surface area (Å²) in [6, 6.07) is 11.9. The molecule has 1 aromatic carbocycles. The average Bonchev–Trinajstić information content (AvgIpc) is 2.91. The highest BCUT2D eigenvalue weighted by molar-refractivity contribution is 6.34. The van der Waals surface area contributed by atoms with Crippen molar-refractivity contribution >= 4 is 22.6 Å². The zero-order chi connectivity index (χ0) is 14.8. The molecule has 0 bridgehead atoms. The van der Waals surface area contributed by atoms with Gasteiger partial charge in [0.15, 0.2) is 5.58 Å². The number of rotatable bonds is 4. The Labute approximate surface area is 128 Å². The first-order valence-corrected chi connectivity index (χ1v) is 7.40. The molecule has 1 atom stereocenters. The SMILES string of the molecule is CCNC(c1ccc(C)nc1)c1cc2cccc(Cl)c2o1. The molecule has 21 heavy (non-hydrogen) atoms. The number of hydrogen-bond donors (Lipinski definition) is 1. The van der Waals surface area contributed by atoms with Gasteiger partial charge in [-0.25, -0.2) is 0 Å². The lowest BCUT2D eigenvalue weighted by Gasteiger charge is -2.15. The molecule has 0 amide bonds. The van der Waals surface area contributed by atoms with Gasteiger partial charge in [0.1, 0.15) is 5.76 Å². The Morgan fingerprint density at radius 1 is 1.29 bits per heavy atom. The van der Waals surface area contributed by atoms with Gasteiger partial charge in [0, 0.05) is 17.3 Å². The molecular weight excluding hydrogens is 284 g/mol. The van der Waals surface area contributed by atoms with E-state index in [0.29, 0.717) is 5.02 Å². The van der Waals surface area contributed by atoms with Gasteiger partial charge in [0.05, 0.1) is 11.1 Å². The van der Waals surface area contributed by atoms with Crippen LogP contribution in [0.25, 0.3) is 11.0 Å². The average molecular weight is 301 g/mol. The van der Waals surface area contributed by atoms with Crippen LogP contribution in [0.3, 0.4) is 0 Å². The molecule has 0 saturated heterocycles. The van der Waals surface area contributed by atoms with Gasteiger partial charge in [-0.05, 0) is 37.2 Å². The second kappa shape index (κ2) is 5.88. The monoisotopic (exact) mass is 300 g/mol. The molecule has 1 unspecified atom stereocenters. The van der Waals surface area contributed by atoms with Crippen molar-refractivity contribution < 1.29 is 4.42 Å². The third-order valence-corrected chi connectivity index (χ3v) is 3.77. The molecule has 0 aliphatic heterocycles. The minimum atomic E-state index is -0.0217. The fourth-order valence-electron chi connectivity index (χ4n) is 2.43. The van der Waals surface area contributed by atoms with Gasteiger partial charge in [-0.2, -0.15) is 0 Å². The minimum absolute atomic E-state index is 0.0217. The maximum Gasteiger partial charge on any atom is 0.152 e. The second-order valence-corrected chi connectivity index (χ2v) is 5.44. The quantitative estimate of drug-likeness (QED) is 0.771. The number of hydrogen-bond acceptors (Lipinski definition) is 3. The summed E-state index contributed by atoms with van der Waals surface area (Å²) in [5.74, 6) is 0.852. The van der Waals surface area contributed by atoms with Crippen LogP contribution in [0.2, 0.25) is 5.02 Å². The number of pyridine rings is 1. The number of aryl methyl sites for hydroxylation is 1. The third-order valence-electron chi connectivity index (χ3n) is 3.48. The molecule has 108 valence electrons. The molecule has 2 aromatic heterocycles. The van der Waals surface area contributed by atoms with Gasteiger partial charge >= 0.3 is 0 Å². The van der Waals surface area contributed by atoms with Crippen LogP contribution in [0, 0.1) is 6.92 Å². The first-order valence-electron chi connectivity index (χ1n) is 7.03. The summed E-state index contributed by atoms with van der Waals surface area (Å²) in [6.45, 7) is 4.89. The van der Waals surface area contributed by atoms with E-state index in [4.69, 9.17) is 16.0 Å². The van der Waals surface area contributed by atoms with Crippen LogP contribution in [0.5, 0.6) is 0 Å². The number of aromatic nitrogens is 1. The van der Waals surface area contributed by atoms with Gasteiger partial charge in [-0.1, -0.05) is 36.7 Å². The van der Waals surface area contributed by atoms with Crippen molar-refractivity contribution in [2.45, 2.75) is 19.9 Å².